The fourth-order valence-corrected chi connectivity index (χ4v) is 2.26. The van der Waals surface area contributed by atoms with Gasteiger partial charge in [-0.25, -0.2) is 0 Å². The zero-order valence-electron chi connectivity index (χ0n) is 12.0. The van der Waals surface area contributed by atoms with Crippen molar-refractivity contribution in [3.8, 4) is 11.8 Å². The van der Waals surface area contributed by atoms with Crippen LogP contribution in [0.1, 0.15) is 29.7 Å². The minimum Gasteiger partial charge on any atom is -0.495 e. The molecule has 2 aromatic rings. The van der Waals surface area contributed by atoms with Crippen molar-refractivity contribution in [3.05, 3.63) is 59.2 Å². The standard InChI is InChI=1S/C17H18N2O/c1-12-6-4-5-7-15(12)13(2)19-16-9-8-14(11-18)10-17(16)20-3/h4-10,13,19H,1-3H3. The molecule has 0 aliphatic heterocycles. The Kier molecular flexibility index (Phi) is 4.27. The molecule has 1 unspecified atom stereocenters. The summed E-state index contributed by atoms with van der Waals surface area (Å²) < 4.78 is 5.34. The van der Waals surface area contributed by atoms with E-state index in [1.54, 1.807) is 19.2 Å². The highest BCUT2D eigenvalue weighted by Gasteiger charge is 2.11. The van der Waals surface area contributed by atoms with Crippen LogP contribution in [0, 0.1) is 18.3 Å². The summed E-state index contributed by atoms with van der Waals surface area (Å²) in [5, 5.41) is 12.4. The summed E-state index contributed by atoms with van der Waals surface area (Å²) >= 11 is 0. The van der Waals surface area contributed by atoms with E-state index in [0.717, 1.165) is 5.69 Å². The first-order chi connectivity index (χ1) is 9.65. The van der Waals surface area contributed by atoms with Gasteiger partial charge in [0.25, 0.3) is 0 Å². The monoisotopic (exact) mass is 266 g/mol. The van der Waals surface area contributed by atoms with E-state index in [1.807, 2.05) is 18.2 Å². The Morgan fingerprint density at radius 2 is 1.95 bits per heavy atom. The number of hydrogen-bond acceptors (Lipinski definition) is 3. The summed E-state index contributed by atoms with van der Waals surface area (Å²) in [4.78, 5) is 0. The van der Waals surface area contributed by atoms with Gasteiger partial charge in [-0.1, -0.05) is 24.3 Å². The van der Waals surface area contributed by atoms with Gasteiger partial charge < -0.3 is 10.1 Å². The average Bonchev–Trinajstić information content (AvgIpc) is 2.48. The van der Waals surface area contributed by atoms with Crippen LogP contribution in [0.3, 0.4) is 0 Å². The number of nitriles is 1. The summed E-state index contributed by atoms with van der Waals surface area (Å²) in [6.07, 6.45) is 0. The minimum absolute atomic E-state index is 0.165. The number of rotatable bonds is 4. The van der Waals surface area contributed by atoms with E-state index in [-0.39, 0.29) is 6.04 Å². The fourth-order valence-electron chi connectivity index (χ4n) is 2.26. The third-order valence-corrected chi connectivity index (χ3v) is 3.36. The molecule has 0 fully saturated rings. The van der Waals surface area contributed by atoms with Crippen LogP contribution in [-0.2, 0) is 0 Å². The Bertz CT molecular complexity index is 644. The van der Waals surface area contributed by atoms with E-state index in [2.05, 4.69) is 37.4 Å². The predicted octanol–water partition coefficient (Wildman–Crippen LogP) is 4.05. The quantitative estimate of drug-likeness (QED) is 0.908. The lowest BCUT2D eigenvalue weighted by Gasteiger charge is -2.19. The van der Waals surface area contributed by atoms with E-state index in [0.29, 0.717) is 11.3 Å². The summed E-state index contributed by atoms with van der Waals surface area (Å²) in [5.74, 6) is 0.685. The molecule has 0 spiro atoms. The van der Waals surface area contributed by atoms with Crippen molar-refractivity contribution < 1.29 is 4.74 Å². The Morgan fingerprint density at radius 3 is 2.60 bits per heavy atom. The maximum absolute atomic E-state index is 8.92. The van der Waals surface area contributed by atoms with Crippen molar-refractivity contribution in [3.63, 3.8) is 0 Å². The van der Waals surface area contributed by atoms with E-state index >= 15 is 0 Å². The second-order valence-corrected chi connectivity index (χ2v) is 4.75. The normalized spacial score (nSPS) is 11.5. The largest absolute Gasteiger partial charge is 0.495 e. The van der Waals surface area contributed by atoms with Crippen LogP contribution >= 0.6 is 0 Å². The van der Waals surface area contributed by atoms with Crippen molar-refractivity contribution in [2.24, 2.45) is 0 Å². The fraction of sp³-hybridized carbons (Fsp3) is 0.235. The second kappa shape index (κ2) is 6.12. The Hall–Kier alpha value is -2.47. The lowest BCUT2D eigenvalue weighted by molar-refractivity contribution is 0.416. The lowest BCUT2D eigenvalue weighted by Crippen LogP contribution is -2.09. The van der Waals surface area contributed by atoms with Gasteiger partial charge in [-0.15, -0.1) is 0 Å². The van der Waals surface area contributed by atoms with Crippen LogP contribution in [0.15, 0.2) is 42.5 Å². The summed E-state index contributed by atoms with van der Waals surface area (Å²) in [5.41, 5.74) is 3.98. The number of aryl methyl sites for hydroxylation is 1. The number of benzene rings is 2. The maximum atomic E-state index is 8.92. The number of nitrogens with zero attached hydrogens (tertiary/aromatic N) is 1. The van der Waals surface area contributed by atoms with E-state index in [1.165, 1.54) is 11.1 Å². The van der Waals surface area contributed by atoms with Gasteiger partial charge in [0, 0.05) is 12.1 Å². The topological polar surface area (TPSA) is 45.0 Å². The molecule has 0 bridgehead atoms. The average molecular weight is 266 g/mol. The molecule has 0 heterocycles. The van der Waals surface area contributed by atoms with Gasteiger partial charge in [0.2, 0.25) is 0 Å². The smallest absolute Gasteiger partial charge is 0.143 e. The molecule has 1 atom stereocenters. The van der Waals surface area contributed by atoms with Crippen molar-refractivity contribution in [2.45, 2.75) is 19.9 Å². The summed E-state index contributed by atoms with van der Waals surface area (Å²) in [6.45, 7) is 4.21. The summed E-state index contributed by atoms with van der Waals surface area (Å²) in [7, 11) is 1.61. The van der Waals surface area contributed by atoms with Crippen LogP contribution in [0.2, 0.25) is 0 Å². The van der Waals surface area contributed by atoms with Gasteiger partial charge in [-0.05, 0) is 37.1 Å². The van der Waals surface area contributed by atoms with Gasteiger partial charge >= 0.3 is 0 Å². The van der Waals surface area contributed by atoms with Gasteiger partial charge in [0.05, 0.1) is 24.4 Å². The molecule has 0 saturated carbocycles. The minimum atomic E-state index is 0.165. The molecule has 0 saturated heterocycles. The maximum Gasteiger partial charge on any atom is 0.143 e. The zero-order chi connectivity index (χ0) is 14.5. The molecular formula is C17H18N2O. The molecule has 2 rings (SSSR count). The molecule has 1 N–H and O–H groups in total. The number of methoxy groups -OCH3 is 1. The molecule has 0 amide bonds. The SMILES string of the molecule is COc1cc(C#N)ccc1NC(C)c1ccccc1C. The highest BCUT2D eigenvalue weighted by Crippen LogP contribution is 2.29. The number of nitrogens with one attached hydrogen (secondary N) is 1. The van der Waals surface area contributed by atoms with Crippen LogP contribution in [0.4, 0.5) is 5.69 Å². The van der Waals surface area contributed by atoms with Crippen molar-refractivity contribution in [2.75, 3.05) is 12.4 Å². The molecule has 102 valence electrons. The van der Waals surface area contributed by atoms with Gasteiger partial charge in [0.15, 0.2) is 0 Å². The molecule has 0 aliphatic rings. The number of ether oxygens (including phenoxy) is 1. The number of anilines is 1. The molecule has 2 aromatic carbocycles. The Morgan fingerprint density at radius 1 is 1.20 bits per heavy atom. The van der Waals surface area contributed by atoms with E-state index in [9.17, 15) is 0 Å². The first-order valence-corrected chi connectivity index (χ1v) is 6.56. The summed E-state index contributed by atoms with van der Waals surface area (Å²) in [6, 6.07) is 16.0. The molecule has 3 heteroatoms. The lowest BCUT2D eigenvalue weighted by atomic mass is 10.0. The third-order valence-electron chi connectivity index (χ3n) is 3.36. The van der Waals surface area contributed by atoms with E-state index < -0.39 is 0 Å². The molecule has 0 aromatic heterocycles. The molecule has 0 radical (unpaired) electrons. The van der Waals surface area contributed by atoms with E-state index in [4.69, 9.17) is 10.00 Å². The van der Waals surface area contributed by atoms with Crippen LogP contribution < -0.4 is 10.1 Å². The first-order valence-electron chi connectivity index (χ1n) is 6.56. The van der Waals surface area contributed by atoms with Gasteiger partial charge in [-0.3, -0.25) is 0 Å². The first kappa shape index (κ1) is 14.0. The van der Waals surface area contributed by atoms with Crippen LogP contribution in [-0.4, -0.2) is 7.11 Å². The van der Waals surface area contributed by atoms with Gasteiger partial charge in [-0.2, -0.15) is 5.26 Å². The highest BCUT2D eigenvalue weighted by atomic mass is 16.5. The van der Waals surface area contributed by atoms with Crippen LogP contribution in [0.5, 0.6) is 5.75 Å². The van der Waals surface area contributed by atoms with Crippen LogP contribution in [0.25, 0.3) is 0 Å². The third kappa shape index (κ3) is 2.92. The molecule has 3 nitrogen and oxygen atoms in total. The zero-order valence-corrected chi connectivity index (χ0v) is 12.0. The van der Waals surface area contributed by atoms with Crippen molar-refractivity contribution in [1.82, 2.24) is 0 Å². The molecule has 0 aliphatic carbocycles. The van der Waals surface area contributed by atoms with Crippen molar-refractivity contribution in [1.29, 1.82) is 5.26 Å². The molecular weight excluding hydrogens is 248 g/mol. The Labute approximate surface area is 119 Å². The highest BCUT2D eigenvalue weighted by molar-refractivity contribution is 5.60. The Balaban J connectivity index is 2.26. The second-order valence-electron chi connectivity index (χ2n) is 4.75. The van der Waals surface area contributed by atoms with Gasteiger partial charge in [0.1, 0.15) is 5.75 Å². The number of hydrogen-bond donors (Lipinski definition) is 1. The predicted molar refractivity (Wildman–Crippen MR) is 80.9 cm³/mol. The molecule has 20 heavy (non-hydrogen) atoms. The van der Waals surface area contributed by atoms with Crippen molar-refractivity contribution >= 4 is 5.69 Å².